The number of hydrogen-bond donors (Lipinski definition) is 1. The predicted octanol–water partition coefficient (Wildman–Crippen LogP) is 3.70. The van der Waals surface area contributed by atoms with Gasteiger partial charge in [-0.2, -0.15) is 0 Å². The van der Waals surface area contributed by atoms with Gasteiger partial charge >= 0.3 is 0 Å². The third-order valence-corrected chi connectivity index (χ3v) is 4.46. The van der Waals surface area contributed by atoms with Crippen LogP contribution in [0.3, 0.4) is 0 Å². The van der Waals surface area contributed by atoms with Crippen molar-refractivity contribution in [2.45, 2.75) is 39.3 Å². The number of ether oxygens (including phenoxy) is 1. The molecule has 118 valence electrons. The van der Waals surface area contributed by atoms with Crippen molar-refractivity contribution in [3.8, 4) is 0 Å². The molecule has 2 rings (SSSR count). The van der Waals surface area contributed by atoms with Gasteiger partial charge in [-0.25, -0.2) is 0 Å². The Kier molecular flexibility index (Phi) is 6.34. The van der Waals surface area contributed by atoms with Crippen LogP contribution in [0.25, 0.3) is 0 Å². The Balaban J connectivity index is 2.14. The van der Waals surface area contributed by atoms with Crippen LogP contribution in [0.5, 0.6) is 0 Å². The van der Waals surface area contributed by atoms with E-state index in [0.717, 1.165) is 31.3 Å². The van der Waals surface area contributed by atoms with Crippen LogP contribution in [-0.4, -0.2) is 32.8 Å². The fraction of sp³-hybridized carbons (Fsp3) is 0.647. The fourth-order valence-electron chi connectivity index (χ4n) is 3.14. The summed E-state index contributed by atoms with van der Waals surface area (Å²) < 4.78 is 5.08. The Labute approximate surface area is 133 Å². The molecule has 0 amide bonds. The van der Waals surface area contributed by atoms with Gasteiger partial charge in [0, 0.05) is 43.5 Å². The van der Waals surface area contributed by atoms with E-state index in [2.05, 4.69) is 36.2 Å². The van der Waals surface area contributed by atoms with Crippen LogP contribution in [0.4, 0.5) is 5.69 Å². The van der Waals surface area contributed by atoms with E-state index in [1.807, 2.05) is 6.07 Å². The third kappa shape index (κ3) is 4.35. The van der Waals surface area contributed by atoms with Crippen LogP contribution in [0.1, 0.15) is 32.3 Å². The SMILES string of the molecule is COCCNCc1ccc(Cl)cc1N1CCCC1C(C)C. The molecule has 1 N–H and O–H groups in total. The molecule has 1 aliphatic heterocycles. The fourth-order valence-corrected chi connectivity index (χ4v) is 3.30. The monoisotopic (exact) mass is 310 g/mol. The Morgan fingerprint density at radius 2 is 2.24 bits per heavy atom. The number of methoxy groups -OCH3 is 1. The first-order valence-corrected chi connectivity index (χ1v) is 8.26. The highest BCUT2D eigenvalue weighted by atomic mass is 35.5. The molecule has 1 fully saturated rings. The van der Waals surface area contributed by atoms with Gasteiger partial charge in [0.1, 0.15) is 0 Å². The summed E-state index contributed by atoms with van der Waals surface area (Å²) in [6.45, 7) is 8.22. The Morgan fingerprint density at radius 3 is 2.95 bits per heavy atom. The molecule has 0 aliphatic carbocycles. The van der Waals surface area contributed by atoms with Crippen molar-refractivity contribution in [1.82, 2.24) is 5.32 Å². The summed E-state index contributed by atoms with van der Waals surface area (Å²) in [5, 5.41) is 4.25. The van der Waals surface area contributed by atoms with Crippen molar-refractivity contribution < 1.29 is 4.74 Å². The first kappa shape index (κ1) is 16.6. The maximum atomic E-state index is 6.24. The first-order valence-electron chi connectivity index (χ1n) is 7.88. The highest BCUT2D eigenvalue weighted by molar-refractivity contribution is 6.30. The minimum Gasteiger partial charge on any atom is -0.383 e. The third-order valence-electron chi connectivity index (χ3n) is 4.22. The lowest BCUT2D eigenvalue weighted by Gasteiger charge is -2.31. The van der Waals surface area contributed by atoms with Gasteiger partial charge in [-0.15, -0.1) is 0 Å². The van der Waals surface area contributed by atoms with E-state index in [1.165, 1.54) is 24.1 Å². The Hall–Kier alpha value is -0.770. The molecule has 0 radical (unpaired) electrons. The minimum absolute atomic E-state index is 0.626. The van der Waals surface area contributed by atoms with Crippen molar-refractivity contribution in [2.24, 2.45) is 5.92 Å². The van der Waals surface area contributed by atoms with E-state index in [-0.39, 0.29) is 0 Å². The second kappa shape index (κ2) is 8.02. The topological polar surface area (TPSA) is 24.5 Å². The normalized spacial score (nSPS) is 18.7. The van der Waals surface area contributed by atoms with Gasteiger partial charge < -0.3 is 15.0 Å². The number of nitrogens with one attached hydrogen (secondary N) is 1. The predicted molar refractivity (Wildman–Crippen MR) is 90.2 cm³/mol. The second-order valence-electron chi connectivity index (χ2n) is 6.09. The molecular formula is C17H27ClN2O. The smallest absolute Gasteiger partial charge is 0.0587 e. The largest absolute Gasteiger partial charge is 0.383 e. The van der Waals surface area contributed by atoms with E-state index in [4.69, 9.17) is 16.3 Å². The van der Waals surface area contributed by atoms with Crippen molar-refractivity contribution in [3.63, 3.8) is 0 Å². The minimum atomic E-state index is 0.626. The van der Waals surface area contributed by atoms with Crippen LogP contribution in [0, 0.1) is 5.92 Å². The van der Waals surface area contributed by atoms with E-state index in [0.29, 0.717) is 12.0 Å². The van der Waals surface area contributed by atoms with Gasteiger partial charge in [-0.1, -0.05) is 31.5 Å². The second-order valence-corrected chi connectivity index (χ2v) is 6.53. The van der Waals surface area contributed by atoms with Gasteiger partial charge in [0.2, 0.25) is 0 Å². The molecule has 1 unspecified atom stereocenters. The van der Waals surface area contributed by atoms with Gasteiger partial charge in [0.25, 0.3) is 0 Å². The van der Waals surface area contributed by atoms with E-state index >= 15 is 0 Å². The van der Waals surface area contributed by atoms with Crippen molar-refractivity contribution in [2.75, 3.05) is 31.7 Å². The summed E-state index contributed by atoms with van der Waals surface area (Å²) in [7, 11) is 1.73. The standard InChI is InChI=1S/C17H27ClN2O/c1-13(2)16-5-4-9-20(16)17-11-15(18)7-6-14(17)12-19-8-10-21-3/h6-7,11,13,16,19H,4-5,8-10,12H2,1-3H3. The summed E-state index contributed by atoms with van der Waals surface area (Å²) in [6.07, 6.45) is 2.55. The molecule has 1 aliphatic rings. The van der Waals surface area contributed by atoms with Gasteiger partial charge in [-0.05, 0) is 36.5 Å². The van der Waals surface area contributed by atoms with Gasteiger partial charge in [0.15, 0.2) is 0 Å². The maximum absolute atomic E-state index is 6.24. The zero-order valence-corrected chi connectivity index (χ0v) is 14.1. The zero-order chi connectivity index (χ0) is 15.2. The number of nitrogens with zero attached hydrogens (tertiary/aromatic N) is 1. The molecule has 1 aromatic carbocycles. The van der Waals surface area contributed by atoms with Gasteiger partial charge in [0.05, 0.1) is 6.61 Å². The number of benzene rings is 1. The Bertz CT molecular complexity index is 450. The van der Waals surface area contributed by atoms with Crippen LogP contribution >= 0.6 is 11.6 Å². The lowest BCUT2D eigenvalue weighted by molar-refractivity contribution is 0.199. The molecule has 0 spiro atoms. The summed E-state index contributed by atoms with van der Waals surface area (Å²) in [5.41, 5.74) is 2.62. The highest BCUT2D eigenvalue weighted by Gasteiger charge is 2.28. The van der Waals surface area contributed by atoms with Crippen LogP contribution in [0.2, 0.25) is 5.02 Å². The maximum Gasteiger partial charge on any atom is 0.0587 e. The highest BCUT2D eigenvalue weighted by Crippen LogP contribution is 2.33. The first-order chi connectivity index (χ1) is 10.1. The van der Waals surface area contributed by atoms with E-state index < -0.39 is 0 Å². The number of halogens is 1. The zero-order valence-electron chi connectivity index (χ0n) is 13.4. The average Bonchev–Trinajstić information content (AvgIpc) is 2.94. The molecule has 3 nitrogen and oxygen atoms in total. The molecule has 1 saturated heterocycles. The summed E-state index contributed by atoms with van der Waals surface area (Å²) >= 11 is 6.24. The number of hydrogen-bond acceptors (Lipinski definition) is 3. The molecule has 0 saturated carbocycles. The Morgan fingerprint density at radius 1 is 1.43 bits per heavy atom. The molecule has 1 aromatic rings. The summed E-state index contributed by atoms with van der Waals surface area (Å²) in [4.78, 5) is 2.55. The van der Waals surface area contributed by atoms with Crippen molar-refractivity contribution in [3.05, 3.63) is 28.8 Å². The molecule has 1 atom stereocenters. The number of rotatable bonds is 7. The molecule has 4 heteroatoms. The quantitative estimate of drug-likeness (QED) is 0.777. The van der Waals surface area contributed by atoms with E-state index in [9.17, 15) is 0 Å². The summed E-state index contributed by atoms with van der Waals surface area (Å²) in [6, 6.07) is 6.88. The van der Waals surface area contributed by atoms with Gasteiger partial charge in [-0.3, -0.25) is 0 Å². The van der Waals surface area contributed by atoms with Crippen LogP contribution < -0.4 is 10.2 Å². The molecule has 21 heavy (non-hydrogen) atoms. The van der Waals surface area contributed by atoms with Crippen LogP contribution in [-0.2, 0) is 11.3 Å². The molecule has 0 bridgehead atoms. The summed E-state index contributed by atoms with van der Waals surface area (Å²) in [5.74, 6) is 0.667. The number of anilines is 1. The molecule has 0 aromatic heterocycles. The average molecular weight is 311 g/mol. The molecular weight excluding hydrogens is 284 g/mol. The van der Waals surface area contributed by atoms with Crippen molar-refractivity contribution >= 4 is 17.3 Å². The molecule has 1 heterocycles. The van der Waals surface area contributed by atoms with Crippen molar-refractivity contribution in [1.29, 1.82) is 0 Å². The van der Waals surface area contributed by atoms with Crippen LogP contribution in [0.15, 0.2) is 18.2 Å². The lowest BCUT2D eigenvalue weighted by Crippen LogP contribution is -2.34. The lowest BCUT2D eigenvalue weighted by atomic mass is 10.0. The van der Waals surface area contributed by atoms with E-state index in [1.54, 1.807) is 7.11 Å².